The van der Waals surface area contributed by atoms with Gasteiger partial charge in [-0.15, -0.1) is 0 Å². The maximum Gasteiger partial charge on any atom is 0.261 e. The summed E-state index contributed by atoms with van der Waals surface area (Å²) in [5, 5.41) is 0.461. The second-order valence-corrected chi connectivity index (χ2v) is 7.57. The zero-order valence-corrected chi connectivity index (χ0v) is 15.9. The van der Waals surface area contributed by atoms with Crippen LogP contribution in [-0.4, -0.2) is 66.6 Å². The van der Waals surface area contributed by atoms with Crippen molar-refractivity contribution in [3.05, 3.63) is 32.2 Å². The van der Waals surface area contributed by atoms with E-state index in [2.05, 4.69) is 9.88 Å². The second kappa shape index (κ2) is 7.48. The lowest BCUT2D eigenvalue weighted by Crippen LogP contribution is -2.46. The molecule has 3 aliphatic heterocycles. The lowest BCUT2D eigenvalue weighted by molar-refractivity contribution is 0.0715. The number of aryl methyl sites for hydroxylation is 1. The minimum absolute atomic E-state index is 0.181. The van der Waals surface area contributed by atoms with Gasteiger partial charge in [-0.3, -0.25) is 14.5 Å². The predicted molar refractivity (Wildman–Crippen MR) is 97.4 cm³/mol. The molecule has 3 aliphatic rings. The fourth-order valence-electron chi connectivity index (χ4n) is 4.09. The van der Waals surface area contributed by atoms with Crippen LogP contribution < -0.4 is 5.56 Å². The molecule has 2 atom stereocenters. The Bertz CT molecular complexity index is 718. The van der Waals surface area contributed by atoms with Crippen molar-refractivity contribution in [1.29, 1.82) is 0 Å². The molecule has 1 aromatic heterocycles. The molecule has 6 nitrogen and oxygen atoms in total. The predicted octanol–water partition coefficient (Wildman–Crippen LogP) is 1.83. The van der Waals surface area contributed by atoms with Gasteiger partial charge in [-0.05, 0) is 38.2 Å². The van der Waals surface area contributed by atoms with E-state index in [4.69, 9.17) is 16.3 Å². The van der Waals surface area contributed by atoms with E-state index in [-0.39, 0.29) is 17.0 Å². The van der Waals surface area contributed by atoms with Gasteiger partial charge < -0.3 is 14.6 Å². The van der Waals surface area contributed by atoms with E-state index in [9.17, 15) is 9.59 Å². The number of carbonyl (C=O) groups is 1. The van der Waals surface area contributed by atoms with Crippen LogP contribution in [0.15, 0.2) is 4.79 Å². The molecule has 0 unspecified atom stereocenters. The highest BCUT2D eigenvalue weighted by Gasteiger charge is 2.37. The molecular formula is C18H26ClN3O3. The van der Waals surface area contributed by atoms with Crippen molar-refractivity contribution in [2.75, 3.05) is 39.9 Å². The summed E-state index contributed by atoms with van der Waals surface area (Å²) < 4.78 is 5.21. The molecule has 1 amide bonds. The maximum absolute atomic E-state index is 13.1. The highest BCUT2D eigenvalue weighted by Crippen LogP contribution is 2.29. The third-order valence-electron chi connectivity index (χ3n) is 5.47. The Hall–Kier alpha value is -1.37. The summed E-state index contributed by atoms with van der Waals surface area (Å²) >= 11 is 6.26. The number of methoxy groups -OCH3 is 1. The molecule has 1 N–H and O–H groups in total. The Kier molecular flexibility index (Phi) is 5.51. The first kappa shape index (κ1) is 18.4. The monoisotopic (exact) mass is 367 g/mol. The van der Waals surface area contributed by atoms with Gasteiger partial charge in [-0.2, -0.15) is 0 Å². The Balaban J connectivity index is 1.85. The summed E-state index contributed by atoms with van der Waals surface area (Å²) in [5.74, 6) is 0.242. The van der Waals surface area contributed by atoms with Gasteiger partial charge in [0.25, 0.3) is 11.5 Å². The Morgan fingerprint density at radius 1 is 1.28 bits per heavy atom. The van der Waals surface area contributed by atoms with Crippen LogP contribution in [0, 0.1) is 19.8 Å². The molecule has 0 aromatic carbocycles. The molecule has 3 fully saturated rings. The van der Waals surface area contributed by atoms with Crippen molar-refractivity contribution < 1.29 is 9.53 Å². The number of hydrogen-bond acceptors (Lipinski definition) is 4. The van der Waals surface area contributed by atoms with Gasteiger partial charge >= 0.3 is 0 Å². The summed E-state index contributed by atoms with van der Waals surface area (Å²) in [7, 11) is 1.71. The van der Waals surface area contributed by atoms with Gasteiger partial charge in [0.1, 0.15) is 5.56 Å². The number of nitrogens with zero attached hydrogens (tertiary/aromatic N) is 2. The molecule has 0 radical (unpaired) electrons. The molecule has 138 valence electrons. The zero-order valence-electron chi connectivity index (χ0n) is 15.1. The number of hydrogen-bond donors (Lipinski definition) is 1. The molecule has 0 aliphatic carbocycles. The second-order valence-electron chi connectivity index (χ2n) is 7.19. The average Bonchev–Trinajstić information content (AvgIpc) is 2.89. The summed E-state index contributed by atoms with van der Waals surface area (Å²) in [6, 6.07) is 0.332. The lowest BCUT2D eigenvalue weighted by atomic mass is 9.95. The van der Waals surface area contributed by atoms with Gasteiger partial charge in [-0.1, -0.05) is 11.6 Å². The first-order chi connectivity index (χ1) is 11.9. The van der Waals surface area contributed by atoms with E-state index in [1.165, 1.54) is 0 Å². The highest BCUT2D eigenvalue weighted by atomic mass is 35.5. The van der Waals surface area contributed by atoms with Crippen molar-refractivity contribution in [2.45, 2.75) is 32.7 Å². The van der Waals surface area contributed by atoms with Crippen molar-refractivity contribution in [3.63, 3.8) is 0 Å². The van der Waals surface area contributed by atoms with Crippen LogP contribution in [0.3, 0.4) is 0 Å². The van der Waals surface area contributed by atoms with Crippen LogP contribution in [0.25, 0.3) is 0 Å². The van der Waals surface area contributed by atoms with E-state index >= 15 is 0 Å². The SMILES string of the molecule is COCCN1C[C@@H]2CC[C@H]1CN(C(=O)c1c(C)c(Cl)c(C)[nH]c1=O)C2. The molecule has 4 heterocycles. The number of aromatic nitrogens is 1. The standard InChI is InChI=1S/C18H26ClN3O3/c1-11-15(17(23)20-12(2)16(11)19)18(24)22-9-13-4-5-14(10-22)21(8-13)6-7-25-3/h13-14H,4-10H2,1-3H3,(H,20,23)/t13-,14-/m0/s1. The smallest absolute Gasteiger partial charge is 0.261 e. The van der Waals surface area contributed by atoms with Crippen LogP contribution in [-0.2, 0) is 4.74 Å². The molecule has 2 bridgehead atoms. The van der Waals surface area contributed by atoms with Crippen LogP contribution >= 0.6 is 11.6 Å². The van der Waals surface area contributed by atoms with E-state index in [0.29, 0.717) is 47.9 Å². The Morgan fingerprint density at radius 3 is 2.76 bits per heavy atom. The molecule has 1 aromatic rings. The summed E-state index contributed by atoms with van der Waals surface area (Å²) in [4.78, 5) is 32.4. The highest BCUT2D eigenvalue weighted by molar-refractivity contribution is 6.32. The van der Waals surface area contributed by atoms with Gasteiger partial charge in [0, 0.05) is 45.0 Å². The van der Waals surface area contributed by atoms with Gasteiger partial charge in [0.05, 0.1) is 11.6 Å². The molecule has 4 rings (SSSR count). The third kappa shape index (κ3) is 3.61. The number of pyridine rings is 1. The van der Waals surface area contributed by atoms with Crippen LogP contribution in [0.5, 0.6) is 0 Å². The topological polar surface area (TPSA) is 65.6 Å². The van der Waals surface area contributed by atoms with Crippen molar-refractivity contribution in [2.24, 2.45) is 5.92 Å². The minimum atomic E-state index is -0.350. The van der Waals surface area contributed by atoms with Crippen LogP contribution in [0.1, 0.15) is 34.5 Å². The van der Waals surface area contributed by atoms with Gasteiger partial charge in [0.2, 0.25) is 0 Å². The first-order valence-electron chi connectivity index (χ1n) is 8.83. The fraction of sp³-hybridized carbons (Fsp3) is 0.667. The number of ether oxygens (including phenoxy) is 1. The fourth-order valence-corrected chi connectivity index (χ4v) is 4.23. The maximum atomic E-state index is 13.1. The molecule has 3 saturated heterocycles. The Labute approximate surface area is 153 Å². The molecule has 7 heteroatoms. The van der Waals surface area contributed by atoms with Crippen LogP contribution in [0.4, 0.5) is 0 Å². The van der Waals surface area contributed by atoms with Crippen LogP contribution in [0.2, 0.25) is 5.02 Å². The van der Waals surface area contributed by atoms with E-state index in [0.717, 1.165) is 25.9 Å². The number of fused-ring (bicyclic) bond motifs is 4. The summed E-state index contributed by atoms with van der Waals surface area (Å²) in [6.07, 6.45) is 2.21. The normalized spacial score (nSPS) is 23.8. The van der Waals surface area contributed by atoms with Crippen molar-refractivity contribution in [3.8, 4) is 0 Å². The number of piperidine rings is 1. The zero-order chi connectivity index (χ0) is 18.1. The van der Waals surface area contributed by atoms with Gasteiger partial charge in [0.15, 0.2) is 0 Å². The summed E-state index contributed by atoms with van der Waals surface area (Å²) in [6.45, 7) is 7.41. The Morgan fingerprint density at radius 2 is 2.04 bits per heavy atom. The number of aromatic amines is 1. The van der Waals surface area contributed by atoms with E-state index in [1.807, 2.05) is 4.90 Å². The first-order valence-corrected chi connectivity index (χ1v) is 9.21. The van der Waals surface area contributed by atoms with Crippen molar-refractivity contribution in [1.82, 2.24) is 14.8 Å². The molecule has 0 saturated carbocycles. The lowest BCUT2D eigenvalue weighted by Gasteiger charge is -2.35. The minimum Gasteiger partial charge on any atom is -0.383 e. The largest absolute Gasteiger partial charge is 0.383 e. The average molecular weight is 368 g/mol. The number of rotatable bonds is 4. The number of H-pyrrole nitrogens is 1. The quantitative estimate of drug-likeness (QED) is 0.881. The van der Waals surface area contributed by atoms with Crippen molar-refractivity contribution >= 4 is 17.5 Å². The number of amides is 1. The van der Waals surface area contributed by atoms with E-state index < -0.39 is 0 Å². The summed E-state index contributed by atoms with van der Waals surface area (Å²) in [5.41, 5.74) is 1.00. The molecule has 25 heavy (non-hydrogen) atoms. The molecule has 0 spiro atoms. The number of carbonyl (C=O) groups excluding carboxylic acids is 1. The van der Waals surface area contributed by atoms with Gasteiger partial charge in [-0.25, -0.2) is 0 Å². The van der Waals surface area contributed by atoms with E-state index in [1.54, 1.807) is 21.0 Å². The third-order valence-corrected chi connectivity index (χ3v) is 6.04. The number of nitrogens with one attached hydrogen (secondary N) is 1. The molecular weight excluding hydrogens is 342 g/mol. The number of halogens is 1.